The van der Waals surface area contributed by atoms with Crippen LogP contribution in [-0.4, -0.2) is 18.9 Å². The molecule has 0 spiro atoms. The molecule has 1 aromatic carbocycles. The number of hydrogen-bond acceptors (Lipinski definition) is 2. The first-order valence-corrected chi connectivity index (χ1v) is 5.36. The van der Waals surface area contributed by atoms with Crippen LogP contribution in [0.5, 0.6) is 0 Å². The van der Waals surface area contributed by atoms with Crippen LogP contribution < -0.4 is 4.90 Å². The highest BCUT2D eigenvalue weighted by atomic mass is 127. The molecule has 0 aliphatic carbocycles. The first-order chi connectivity index (χ1) is 6.27. The van der Waals surface area contributed by atoms with Gasteiger partial charge >= 0.3 is 0 Å². The van der Waals surface area contributed by atoms with E-state index in [0.29, 0.717) is 18.7 Å². The molecule has 0 atom stereocenters. The Bertz CT molecular complexity index is 337. The van der Waals surface area contributed by atoms with E-state index in [-0.39, 0.29) is 0 Å². The summed E-state index contributed by atoms with van der Waals surface area (Å²) in [5.74, 6) is 0.347. The van der Waals surface area contributed by atoms with Gasteiger partial charge in [-0.25, -0.2) is 0 Å². The smallest absolute Gasteiger partial charge is 0.153 e. The topological polar surface area (TPSA) is 20.3 Å². The van der Waals surface area contributed by atoms with E-state index in [9.17, 15) is 4.79 Å². The molecule has 1 saturated heterocycles. The second-order valence-electron chi connectivity index (χ2n) is 3.16. The van der Waals surface area contributed by atoms with E-state index in [4.69, 9.17) is 0 Å². The van der Waals surface area contributed by atoms with Gasteiger partial charge in [0.1, 0.15) is 0 Å². The van der Waals surface area contributed by atoms with Gasteiger partial charge < -0.3 is 4.90 Å². The van der Waals surface area contributed by atoms with Crippen molar-refractivity contribution >= 4 is 34.1 Å². The average Bonchev–Trinajstić information content (AvgIpc) is 2.53. The number of rotatable bonds is 1. The molecule has 2 nitrogen and oxygen atoms in total. The Morgan fingerprint density at radius 3 is 2.69 bits per heavy atom. The third-order valence-corrected chi connectivity index (χ3v) is 3.13. The summed E-state index contributed by atoms with van der Waals surface area (Å²) < 4.78 is 1.22. The maximum absolute atomic E-state index is 11.1. The molecule has 1 fully saturated rings. The fourth-order valence-corrected chi connectivity index (χ4v) is 2.27. The largest absolute Gasteiger partial charge is 0.363 e. The number of ketones is 1. The molecule has 0 saturated carbocycles. The predicted octanol–water partition coefficient (Wildman–Crippen LogP) is 2.07. The number of nitrogens with zero attached hydrogens (tertiary/aromatic N) is 1. The summed E-state index contributed by atoms with van der Waals surface area (Å²) in [5, 5.41) is 0. The van der Waals surface area contributed by atoms with Gasteiger partial charge in [-0.05, 0) is 34.7 Å². The van der Waals surface area contributed by atoms with Crippen molar-refractivity contribution in [3.63, 3.8) is 0 Å². The number of hydrogen-bond donors (Lipinski definition) is 0. The minimum absolute atomic E-state index is 0.347. The highest BCUT2D eigenvalue weighted by Crippen LogP contribution is 2.24. The second-order valence-corrected chi connectivity index (χ2v) is 4.32. The van der Waals surface area contributed by atoms with Crippen molar-refractivity contribution in [1.82, 2.24) is 0 Å². The molecule has 2 rings (SSSR count). The predicted molar refractivity (Wildman–Crippen MR) is 61.0 cm³/mol. The highest BCUT2D eigenvalue weighted by Gasteiger charge is 2.20. The quantitative estimate of drug-likeness (QED) is 0.737. The molecule has 0 amide bonds. The molecule has 13 heavy (non-hydrogen) atoms. The molecule has 0 aromatic heterocycles. The number of carbonyl (C=O) groups excluding carboxylic acids is 1. The van der Waals surface area contributed by atoms with Gasteiger partial charge in [-0.3, -0.25) is 4.79 Å². The Kier molecular flexibility index (Phi) is 2.53. The Hall–Kier alpha value is -0.580. The van der Waals surface area contributed by atoms with Crippen LogP contribution in [0, 0.1) is 3.57 Å². The van der Waals surface area contributed by atoms with E-state index in [1.165, 1.54) is 9.26 Å². The maximum Gasteiger partial charge on any atom is 0.153 e. The van der Waals surface area contributed by atoms with E-state index in [1.807, 2.05) is 12.1 Å². The maximum atomic E-state index is 11.1. The molecule has 3 heteroatoms. The van der Waals surface area contributed by atoms with Crippen LogP contribution in [-0.2, 0) is 4.79 Å². The van der Waals surface area contributed by atoms with Crippen molar-refractivity contribution in [2.45, 2.75) is 6.42 Å². The summed E-state index contributed by atoms with van der Waals surface area (Å²) in [6.07, 6.45) is 0.699. The van der Waals surface area contributed by atoms with Crippen molar-refractivity contribution < 1.29 is 4.79 Å². The van der Waals surface area contributed by atoms with Crippen molar-refractivity contribution in [3.8, 4) is 0 Å². The van der Waals surface area contributed by atoms with Gasteiger partial charge in [-0.15, -0.1) is 0 Å². The minimum atomic E-state index is 0.347. The summed E-state index contributed by atoms with van der Waals surface area (Å²) in [4.78, 5) is 13.2. The van der Waals surface area contributed by atoms with Crippen LogP contribution in [0.3, 0.4) is 0 Å². The van der Waals surface area contributed by atoms with E-state index in [2.05, 4.69) is 39.6 Å². The summed E-state index contributed by atoms with van der Waals surface area (Å²) in [7, 11) is 0. The number of para-hydroxylation sites is 1. The summed E-state index contributed by atoms with van der Waals surface area (Å²) >= 11 is 2.30. The van der Waals surface area contributed by atoms with Gasteiger partial charge in [-0.2, -0.15) is 0 Å². The molecule has 0 bridgehead atoms. The van der Waals surface area contributed by atoms with Gasteiger partial charge in [-0.1, -0.05) is 12.1 Å². The van der Waals surface area contributed by atoms with Gasteiger partial charge in [0.05, 0.1) is 12.2 Å². The van der Waals surface area contributed by atoms with Gasteiger partial charge in [0.25, 0.3) is 0 Å². The monoisotopic (exact) mass is 287 g/mol. The lowest BCUT2D eigenvalue weighted by molar-refractivity contribution is -0.116. The van der Waals surface area contributed by atoms with Crippen LogP contribution in [0.4, 0.5) is 5.69 Å². The summed E-state index contributed by atoms with van der Waals surface area (Å²) in [6, 6.07) is 8.17. The number of anilines is 1. The lowest BCUT2D eigenvalue weighted by Gasteiger charge is -2.17. The number of halogens is 1. The Morgan fingerprint density at radius 1 is 1.31 bits per heavy atom. The van der Waals surface area contributed by atoms with Crippen molar-refractivity contribution in [2.75, 3.05) is 18.0 Å². The van der Waals surface area contributed by atoms with E-state index < -0.39 is 0 Å². The van der Waals surface area contributed by atoms with Crippen molar-refractivity contribution in [3.05, 3.63) is 27.8 Å². The molecule has 1 aliphatic heterocycles. The van der Waals surface area contributed by atoms with Crippen molar-refractivity contribution in [2.24, 2.45) is 0 Å². The molecule has 1 aliphatic rings. The molecule has 1 heterocycles. The van der Waals surface area contributed by atoms with Crippen LogP contribution >= 0.6 is 22.6 Å². The fraction of sp³-hybridized carbons (Fsp3) is 0.300. The number of Topliss-reactive ketones (excluding diaryl/α,β-unsaturated/α-hetero) is 1. The Labute approximate surface area is 91.1 Å². The number of benzene rings is 1. The highest BCUT2D eigenvalue weighted by molar-refractivity contribution is 14.1. The first-order valence-electron chi connectivity index (χ1n) is 4.28. The summed E-state index contributed by atoms with van der Waals surface area (Å²) in [5.41, 5.74) is 1.19. The number of carbonyl (C=O) groups is 1. The third kappa shape index (κ3) is 1.85. The molecular formula is C10H10INO. The third-order valence-electron chi connectivity index (χ3n) is 2.22. The minimum Gasteiger partial charge on any atom is -0.363 e. The van der Waals surface area contributed by atoms with Gasteiger partial charge in [0, 0.05) is 16.5 Å². The van der Waals surface area contributed by atoms with E-state index >= 15 is 0 Å². The molecular weight excluding hydrogens is 277 g/mol. The lowest BCUT2D eigenvalue weighted by Crippen LogP contribution is -2.20. The van der Waals surface area contributed by atoms with Crippen LogP contribution in [0.2, 0.25) is 0 Å². The zero-order valence-corrected chi connectivity index (χ0v) is 9.32. The zero-order valence-electron chi connectivity index (χ0n) is 7.16. The fourth-order valence-electron chi connectivity index (χ4n) is 1.54. The van der Waals surface area contributed by atoms with Crippen LogP contribution in [0.15, 0.2) is 24.3 Å². The molecule has 0 N–H and O–H groups in total. The normalized spacial score (nSPS) is 16.7. The molecule has 0 unspecified atom stereocenters. The molecule has 68 valence electrons. The van der Waals surface area contributed by atoms with E-state index in [0.717, 1.165) is 6.54 Å². The van der Waals surface area contributed by atoms with E-state index in [1.54, 1.807) is 0 Å². The average molecular weight is 287 g/mol. The molecule has 1 aromatic rings. The Morgan fingerprint density at radius 2 is 2.08 bits per heavy atom. The van der Waals surface area contributed by atoms with Crippen LogP contribution in [0.25, 0.3) is 0 Å². The standard InChI is InChI=1S/C10H10INO/c11-9-3-1-2-4-10(9)12-6-5-8(13)7-12/h1-4H,5-7H2. The zero-order chi connectivity index (χ0) is 9.26. The van der Waals surface area contributed by atoms with Crippen LogP contribution in [0.1, 0.15) is 6.42 Å². The van der Waals surface area contributed by atoms with Crippen molar-refractivity contribution in [1.29, 1.82) is 0 Å². The molecule has 0 radical (unpaired) electrons. The second kappa shape index (κ2) is 3.65. The lowest BCUT2D eigenvalue weighted by atomic mass is 10.3. The van der Waals surface area contributed by atoms with Gasteiger partial charge in [0.15, 0.2) is 5.78 Å². The Balaban J connectivity index is 2.26. The summed E-state index contributed by atoms with van der Waals surface area (Å²) in [6.45, 7) is 1.46. The van der Waals surface area contributed by atoms with Gasteiger partial charge in [0.2, 0.25) is 0 Å². The first kappa shape index (κ1) is 8.99. The SMILES string of the molecule is O=C1CCN(c2ccccc2I)C1.